The predicted octanol–water partition coefficient (Wildman–Crippen LogP) is 3.52. The highest BCUT2D eigenvalue weighted by Gasteiger charge is 2.19. The van der Waals surface area contributed by atoms with Gasteiger partial charge < -0.3 is 10.6 Å². The highest BCUT2D eigenvalue weighted by atomic mass is 32.1. The van der Waals surface area contributed by atoms with Crippen molar-refractivity contribution in [1.82, 2.24) is 10.3 Å². The normalized spacial score (nSPS) is 12.4. The van der Waals surface area contributed by atoms with Gasteiger partial charge in [0.2, 0.25) is 5.91 Å². The minimum absolute atomic E-state index is 0.0868. The summed E-state index contributed by atoms with van der Waals surface area (Å²) in [6.07, 6.45) is 0.762. The molecule has 118 valence electrons. The van der Waals surface area contributed by atoms with Crippen molar-refractivity contribution < 1.29 is 9.18 Å². The van der Waals surface area contributed by atoms with Crippen molar-refractivity contribution >= 4 is 22.4 Å². The fourth-order valence-corrected chi connectivity index (χ4v) is 2.83. The number of nitrogens with one attached hydrogen (secondary N) is 2. The molecule has 0 saturated heterocycles. The van der Waals surface area contributed by atoms with Crippen molar-refractivity contribution in [1.29, 1.82) is 0 Å². The number of anilines is 1. The van der Waals surface area contributed by atoms with E-state index >= 15 is 0 Å². The van der Waals surface area contributed by atoms with E-state index in [4.69, 9.17) is 0 Å². The second kappa shape index (κ2) is 7.47. The molecule has 0 unspecified atom stereocenters. The van der Waals surface area contributed by atoms with Gasteiger partial charge in [0.25, 0.3) is 0 Å². The molecule has 0 radical (unpaired) electrons. The highest BCUT2D eigenvalue weighted by Crippen LogP contribution is 2.25. The van der Waals surface area contributed by atoms with E-state index in [1.807, 2.05) is 5.38 Å². The molecule has 2 rings (SSSR count). The first-order chi connectivity index (χ1) is 10.5. The molecule has 0 spiro atoms. The number of halogens is 1. The summed E-state index contributed by atoms with van der Waals surface area (Å²) in [7, 11) is 1.78. The lowest BCUT2D eigenvalue weighted by atomic mass is 10.0. The van der Waals surface area contributed by atoms with Crippen LogP contribution in [0.1, 0.15) is 20.3 Å². The van der Waals surface area contributed by atoms with Crippen LogP contribution in [0.15, 0.2) is 29.6 Å². The minimum atomic E-state index is -0.280. The van der Waals surface area contributed by atoms with Crippen molar-refractivity contribution in [2.75, 3.05) is 12.4 Å². The molecule has 0 saturated carbocycles. The van der Waals surface area contributed by atoms with Gasteiger partial charge in [-0.2, -0.15) is 0 Å². The maximum absolute atomic E-state index is 12.9. The zero-order chi connectivity index (χ0) is 16.1. The maximum Gasteiger partial charge on any atom is 0.243 e. The first-order valence-electron chi connectivity index (χ1n) is 7.19. The second-order valence-electron chi connectivity index (χ2n) is 5.50. The summed E-state index contributed by atoms with van der Waals surface area (Å²) in [5.41, 5.74) is 1.55. The lowest BCUT2D eigenvalue weighted by Gasteiger charge is -2.16. The second-order valence-corrected chi connectivity index (χ2v) is 6.36. The van der Waals surface area contributed by atoms with Gasteiger partial charge in [-0.1, -0.05) is 13.8 Å². The summed E-state index contributed by atoms with van der Waals surface area (Å²) >= 11 is 1.36. The summed E-state index contributed by atoms with van der Waals surface area (Å²) in [5, 5.41) is 8.25. The van der Waals surface area contributed by atoms with E-state index < -0.39 is 0 Å². The first-order valence-corrected chi connectivity index (χ1v) is 8.07. The Bertz CT molecular complexity index is 625. The van der Waals surface area contributed by atoms with Crippen molar-refractivity contribution in [3.63, 3.8) is 0 Å². The van der Waals surface area contributed by atoms with E-state index in [0.29, 0.717) is 11.0 Å². The zero-order valence-electron chi connectivity index (χ0n) is 12.9. The number of hydrogen-bond donors (Lipinski definition) is 2. The molecule has 0 bridgehead atoms. The molecule has 1 aromatic carbocycles. The van der Waals surface area contributed by atoms with Gasteiger partial charge in [0, 0.05) is 10.9 Å². The monoisotopic (exact) mass is 321 g/mol. The van der Waals surface area contributed by atoms with E-state index in [2.05, 4.69) is 29.5 Å². The third-order valence-corrected chi connectivity index (χ3v) is 4.00. The van der Waals surface area contributed by atoms with E-state index in [1.165, 1.54) is 23.5 Å². The van der Waals surface area contributed by atoms with Crippen LogP contribution in [0.2, 0.25) is 0 Å². The largest absolute Gasteiger partial charge is 0.309 e. The molecule has 4 nitrogen and oxygen atoms in total. The minimum Gasteiger partial charge on any atom is -0.309 e. The lowest BCUT2D eigenvalue weighted by Crippen LogP contribution is -2.39. The van der Waals surface area contributed by atoms with Gasteiger partial charge >= 0.3 is 0 Å². The standard InChI is InChI=1S/C16H20FN3OS/c1-10(2)8-13(18-3)15(21)20-16-19-14(9-22-16)11-4-6-12(17)7-5-11/h4-7,9-10,13,18H,8H2,1-3H3,(H,19,20,21)/t13-/m0/s1. The number of thiazole rings is 1. The first kappa shape index (κ1) is 16.6. The fourth-order valence-electron chi connectivity index (χ4n) is 2.10. The molecule has 0 aliphatic rings. The van der Waals surface area contributed by atoms with Crippen LogP contribution in [0.4, 0.5) is 9.52 Å². The number of likely N-dealkylation sites (N-methyl/N-ethyl adjacent to an activating group) is 1. The van der Waals surface area contributed by atoms with Crippen molar-refractivity contribution in [2.24, 2.45) is 5.92 Å². The van der Waals surface area contributed by atoms with Gasteiger partial charge in [0.15, 0.2) is 5.13 Å². The van der Waals surface area contributed by atoms with Gasteiger partial charge in [0.05, 0.1) is 11.7 Å². The molecule has 2 aromatic rings. The van der Waals surface area contributed by atoms with Crippen LogP contribution in [0.25, 0.3) is 11.3 Å². The van der Waals surface area contributed by atoms with Gasteiger partial charge in [0.1, 0.15) is 5.82 Å². The Morgan fingerprint density at radius 2 is 2.00 bits per heavy atom. The average molecular weight is 321 g/mol. The molecule has 2 N–H and O–H groups in total. The van der Waals surface area contributed by atoms with Crippen LogP contribution in [-0.2, 0) is 4.79 Å². The number of aromatic nitrogens is 1. The smallest absolute Gasteiger partial charge is 0.243 e. The number of hydrogen-bond acceptors (Lipinski definition) is 4. The SMILES string of the molecule is CN[C@@H](CC(C)C)C(=O)Nc1nc(-c2ccc(F)cc2)cs1. The number of benzene rings is 1. The van der Waals surface area contributed by atoms with Crippen molar-refractivity contribution in [2.45, 2.75) is 26.3 Å². The van der Waals surface area contributed by atoms with Crippen molar-refractivity contribution in [3.05, 3.63) is 35.5 Å². The van der Waals surface area contributed by atoms with Crippen molar-refractivity contribution in [3.8, 4) is 11.3 Å². The highest BCUT2D eigenvalue weighted by molar-refractivity contribution is 7.14. The van der Waals surface area contributed by atoms with E-state index in [1.54, 1.807) is 19.2 Å². The van der Waals surface area contributed by atoms with Gasteiger partial charge in [-0.05, 0) is 43.7 Å². The molecular formula is C16H20FN3OS. The molecule has 0 aliphatic carbocycles. The number of amides is 1. The summed E-state index contributed by atoms with van der Waals surface area (Å²) < 4.78 is 12.9. The van der Waals surface area contributed by atoms with Gasteiger partial charge in [-0.25, -0.2) is 9.37 Å². The summed E-state index contributed by atoms with van der Waals surface area (Å²) in [5.74, 6) is 0.0588. The summed E-state index contributed by atoms with van der Waals surface area (Å²) in [4.78, 5) is 16.6. The Kier molecular flexibility index (Phi) is 5.63. The van der Waals surface area contributed by atoms with Crippen LogP contribution in [-0.4, -0.2) is 24.0 Å². The molecule has 1 atom stereocenters. The number of rotatable bonds is 6. The molecule has 1 aromatic heterocycles. The average Bonchev–Trinajstić information content (AvgIpc) is 2.93. The molecule has 0 aliphatic heterocycles. The Hall–Kier alpha value is -1.79. The van der Waals surface area contributed by atoms with Crippen LogP contribution in [0.3, 0.4) is 0 Å². The molecule has 1 heterocycles. The summed E-state index contributed by atoms with van der Waals surface area (Å²) in [6.45, 7) is 4.15. The number of nitrogens with zero attached hydrogens (tertiary/aromatic N) is 1. The topological polar surface area (TPSA) is 54.0 Å². The van der Waals surface area contributed by atoms with Crippen LogP contribution < -0.4 is 10.6 Å². The Morgan fingerprint density at radius 3 is 2.59 bits per heavy atom. The van der Waals surface area contributed by atoms with Gasteiger partial charge in [-0.15, -0.1) is 11.3 Å². The fraction of sp³-hybridized carbons (Fsp3) is 0.375. The quantitative estimate of drug-likeness (QED) is 0.856. The van der Waals surface area contributed by atoms with E-state index in [9.17, 15) is 9.18 Å². The molecule has 6 heteroatoms. The van der Waals surface area contributed by atoms with Crippen LogP contribution in [0.5, 0.6) is 0 Å². The lowest BCUT2D eigenvalue weighted by molar-refractivity contribution is -0.118. The van der Waals surface area contributed by atoms with Crippen LogP contribution >= 0.6 is 11.3 Å². The Morgan fingerprint density at radius 1 is 1.32 bits per heavy atom. The van der Waals surface area contributed by atoms with E-state index in [-0.39, 0.29) is 17.8 Å². The molecule has 1 amide bonds. The number of carbonyl (C=O) groups is 1. The zero-order valence-corrected chi connectivity index (χ0v) is 13.7. The Labute approximate surface area is 133 Å². The number of carbonyl (C=O) groups excluding carboxylic acids is 1. The Balaban J connectivity index is 2.05. The molecular weight excluding hydrogens is 301 g/mol. The molecule has 0 fully saturated rings. The predicted molar refractivity (Wildman–Crippen MR) is 88.4 cm³/mol. The van der Waals surface area contributed by atoms with E-state index in [0.717, 1.165) is 17.7 Å². The van der Waals surface area contributed by atoms with Crippen LogP contribution in [0, 0.1) is 11.7 Å². The van der Waals surface area contributed by atoms with Gasteiger partial charge in [-0.3, -0.25) is 4.79 Å². The third kappa shape index (κ3) is 4.35. The maximum atomic E-state index is 12.9. The summed E-state index contributed by atoms with van der Waals surface area (Å²) in [6, 6.07) is 5.90. The molecule has 22 heavy (non-hydrogen) atoms. The third-order valence-electron chi connectivity index (χ3n) is 3.25.